The summed E-state index contributed by atoms with van der Waals surface area (Å²) in [5, 5.41) is 22.0. The van der Waals surface area contributed by atoms with Crippen LogP contribution in [0.4, 0.5) is 0 Å². The molecule has 0 aromatic heterocycles. The molecule has 1 aromatic carbocycles. The molecule has 0 bridgehead atoms. The predicted octanol–water partition coefficient (Wildman–Crippen LogP) is 1.99. The highest BCUT2D eigenvalue weighted by atomic mass is 16.5. The van der Waals surface area contributed by atoms with Gasteiger partial charge in [0.05, 0.1) is 0 Å². The molecule has 0 radical (unpaired) electrons. The van der Waals surface area contributed by atoms with Crippen LogP contribution in [0, 0.1) is 5.92 Å². The summed E-state index contributed by atoms with van der Waals surface area (Å²) in [5.74, 6) is 1.16. The van der Waals surface area contributed by atoms with Gasteiger partial charge in [0, 0.05) is 13.2 Å². The third-order valence-corrected chi connectivity index (χ3v) is 3.49. The predicted molar refractivity (Wildman–Crippen MR) is 85.7 cm³/mol. The van der Waals surface area contributed by atoms with E-state index in [0.29, 0.717) is 19.1 Å². The normalized spacial score (nSPS) is 13.9. The molecule has 0 spiro atoms. The van der Waals surface area contributed by atoms with Gasteiger partial charge in [-0.1, -0.05) is 26.0 Å². The lowest BCUT2D eigenvalue weighted by molar-refractivity contribution is 0.106. The molecule has 1 aromatic rings. The second kappa shape index (κ2) is 10.6. The van der Waals surface area contributed by atoms with E-state index < -0.39 is 6.10 Å². The first-order valence-corrected chi connectivity index (χ1v) is 7.87. The van der Waals surface area contributed by atoms with Gasteiger partial charge in [0.25, 0.3) is 0 Å². The molecule has 0 heterocycles. The van der Waals surface area contributed by atoms with Gasteiger partial charge in [0.2, 0.25) is 0 Å². The summed E-state index contributed by atoms with van der Waals surface area (Å²) < 4.78 is 5.60. The Bertz CT molecular complexity index is 384. The zero-order valence-electron chi connectivity index (χ0n) is 13.2. The summed E-state index contributed by atoms with van der Waals surface area (Å²) in [4.78, 5) is 0. The molecule has 2 atom stereocenters. The van der Waals surface area contributed by atoms with Crippen molar-refractivity contribution in [2.45, 2.75) is 39.2 Å². The second-order valence-corrected chi connectivity index (χ2v) is 5.60. The van der Waals surface area contributed by atoms with Crippen LogP contribution in [0.1, 0.15) is 32.3 Å². The molecule has 4 heteroatoms. The molecule has 0 saturated carbocycles. The number of hydrogen-bond donors (Lipinski definition) is 3. The van der Waals surface area contributed by atoms with Crippen molar-refractivity contribution in [2.75, 3.05) is 26.3 Å². The monoisotopic (exact) mass is 295 g/mol. The van der Waals surface area contributed by atoms with E-state index in [1.807, 2.05) is 25.1 Å². The maximum absolute atomic E-state index is 9.86. The lowest BCUT2D eigenvalue weighted by Gasteiger charge is -2.14. The van der Waals surface area contributed by atoms with Crippen LogP contribution in [0.2, 0.25) is 0 Å². The Hall–Kier alpha value is -1.10. The minimum Gasteiger partial charge on any atom is -0.491 e. The molecule has 3 N–H and O–H groups in total. The first-order chi connectivity index (χ1) is 10.2. The molecule has 2 unspecified atom stereocenters. The Morgan fingerprint density at radius 2 is 2.14 bits per heavy atom. The summed E-state index contributed by atoms with van der Waals surface area (Å²) in [6.45, 7) is 6.07. The van der Waals surface area contributed by atoms with Crippen LogP contribution >= 0.6 is 0 Å². The molecule has 0 amide bonds. The number of aryl methyl sites for hydroxylation is 1. The summed E-state index contributed by atoms with van der Waals surface area (Å²) in [5.41, 5.74) is 1.23. The van der Waals surface area contributed by atoms with Crippen LogP contribution in [-0.4, -0.2) is 42.6 Å². The van der Waals surface area contributed by atoms with Gasteiger partial charge in [0.15, 0.2) is 0 Å². The number of aliphatic hydroxyl groups excluding tert-OH is 2. The average Bonchev–Trinajstić information content (AvgIpc) is 2.52. The van der Waals surface area contributed by atoms with E-state index in [9.17, 15) is 5.11 Å². The SMILES string of the molecule is CCc1cccc(OCC(O)CNCCCC(C)CO)c1. The minimum absolute atomic E-state index is 0.243. The molecule has 0 saturated heterocycles. The van der Waals surface area contributed by atoms with Crippen LogP contribution in [-0.2, 0) is 6.42 Å². The highest BCUT2D eigenvalue weighted by Gasteiger charge is 2.05. The molecule has 0 aliphatic rings. The van der Waals surface area contributed by atoms with Crippen molar-refractivity contribution in [2.24, 2.45) is 5.92 Å². The number of benzene rings is 1. The molecule has 4 nitrogen and oxygen atoms in total. The van der Waals surface area contributed by atoms with Gasteiger partial charge < -0.3 is 20.3 Å². The summed E-state index contributed by atoms with van der Waals surface area (Å²) >= 11 is 0. The summed E-state index contributed by atoms with van der Waals surface area (Å²) in [6, 6.07) is 7.96. The molecule has 1 rings (SSSR count). The highest BCUT2D eigenvalue weighted by molar-refractivity contribution is 5.28. The van der Waals surface area contributed by atoms with Gasteiger partial charge in [-0.25, -0.2) is 0 Å². The maximum Gasteiger partial charge on any atom is 0.119 e. The van der Waals surface area contributed by atoms with Crippen LogP contribution in [0.25, 0.3) is 0 Å². The molecular weight excluding hydrogens is 266 g/mol. The number of ether oxygens (including phenoxy) is 1. The van der Waals surface area contributed by atoms with E-state index in [0.717, 1.165) is 31.6 Å². The number of nitrogens with one attached hydrogen (secondary N) is 1. The minimum atomic E-state index is -0.509. The summed E-state index contributed by atoms with van der Waals surface area (Å²) in [6.07, 6.45) is 2.48. The first kappa shape index (κ1) is 18.0. The molecule has 0 fully saturated rings. The Balaban J connectivity index is 2.12. The zero-order chi connectivity index (χ0) is 15.5. The van der Waals surface area contributed by atoms with E-state index in [4.69, 9.17) is 9.84 Å². The van der Waals surface area contributed by atoms with Crippen molar-refractivity contribution < 1.29 is 14.9 Å². The van der Waals surface area contributed by atoms with Crippen molar-refractivity contribution in [3.05, 3.63) is 29.8 Å². The van der Waals surface area contributed by atoms with Gasteiger partial charge in [-0.15, -0.1) is 0 Å². The van der Waals surface area contributed by atoms with E-state index in [1.165, 1.54) is 5.56 Å². The van der Waals surface area contributed by atoms with Gasteiger partial charge >= 0.3 is 0 Å². The van der Waals surface area contributed by atoms with Crippen molar-refractivity contribution in [3.8, 4) is 5.75 Å². The first-order valence-electron chi connectivity index (χ1n) is 7.87. The van der Waals surface area contributed by atoms with Crippen LogP contribution in [0.5, 0.6) is 5.75 Å². The lowest BCUT2D eigenvalue weighted by Crippen LogP contribution is -2.32. The topological polar surface area (TPSA) is 61.7 Å². The van der Waals surface area contributed by atoms with Crippen LogP contribution in [0.3, 0.4) is 0 Å². The molecule has 0 aliphatic carbocycles. The van der Waals surface area contributed by atoms with Crippen molar-refractivity contribution in [3.63, 3.8) is 0 Å². The Morgan fingerprint density at radius 1 is 1.33 bits per heavy atom. The third-order valence-electron chi connectivity index (χ3n) is 3.49. The molecule has 21 heavy (non-hydrogen) atoms. The van der Waals surface area contributed by atoms with E-state index in [2.05, 4.69) is 18.3 Å². The fraction of sp³-hybridized carbons (Fsp3) is 0.647. The molecular formula is C17H29NO3. The molecule has 0 aliphatic heterocycles. The fourth-order valence-electron chi connectivity index (χ4n) is 2.04. The van der Waals surface area contributed by atoms with Gasteiger partial charge in [-0.05, 0) is 49.4 Å². The number of hydrogen-bond acceptors (Lipinski definition) is 4. The zero-order valence-corrected chi connectivity index (χ0v) is 13.2. The van der Waals surface area contributed by atoms with Gasteiger partial charge in [0.1, 0.15) is 18.5 Å². The van der Waals surface area contributed by atoms with Crippen LogP contribution < -0.4 is 10.1 Å². The Morgan fingerprint density at radius 3 is 2.86 bits per heavy atom. The average molecular weight is 295 g/mol. The largest absolute Gasteiger partial charge is 0.491 e. The third kappa shape index (κ3) is 8.05. The highest BCUT2D eigenvalue weighted by Crippen LogP contribution is 2.13. The van der Waals surface area contributed by atoms with Gasteiger partial charge in [-0.3, -0.25) is 0 Å². The fourth-order valence-corrected chi connectivity index (χ4v) is 2.04. The van der Waals surface area contributed by atoms with E-state index in [1.54, 1.807) is 0 Å². The summed E-state index contributed by atoms with van der Waals surface area (Å²) in [7, 11) is 0. The number of aliphatic hydroxyl groups is 2. The standard InChI is InChI=1S/C17H29NO3/c1-3-15-7-4-8-17(10-15)21-13-16(20)11-18-9-5-6-14(2)12-19/h4,7-8,10,14,16,18-20H,3,5-6,9,11-13H2,1-2H3. The Kier molecular flexibility index (Phi) is 9.06. The van der Waals surface area contributed by atoms with Crippen molar-refractivity contribution >= 4 is 0 Å². The van der Waals surface area contributed by atoms with Crippen LogP contribution in [0.15, 0.2) is 24.3 Å². The van der Waals surface area contributed by atoms with Crippen molar-refractivity contribution in [1.29, 1.82) is 0 Å². The van der Waals surface area contributed by atoms with Gasteiger partial charge in [-0.2, -0.15) is 0 Å². The smallest absolute Gasteiger partial charge is 0.119 e. The second-order valence-electron chi connectivity index (χ2n) is 5.60. The molecule has 120 valence electrons. The quantitative estimate of drug-likeness (QED) is 0.546. The van der Waals surface area contributed by atoms with E-state index in [-0.39, 0.29) is 6.61 Å². The Labute approximate surface area is 128 Å². The van der Waals surface area contributed by atoms with Crippen molar-refractivity contribution in [1.82, 2.24) is 5.32 Å². The van der Waals surface area contributed by atoms with E-state index >= 15 is 0 Å². The number of rotatable bonds is 11. The lowest BCUT2D eigenvalue weighted by atomic mass is 10.1. The maximum atomic E-state index is 9.86.